The topological polar surface area (TPSA) is 86.4 Å². The second kappa shape index (κ2) is 7.62. The van der Waals surface area contributed by atoms with Crippen LogP contribution in [0.4, 0.5) is 5.69 Å². The van der Waals surface area contributed by atoms with E-state index in [2.05, 4.69) is 39.4 Å². The van der Waals surface area contributed by atoms with Gasteiger partial charge in [0.05, 0.1) is 22.2 Å². The summed E-state index contributed by atoms with van der Waals surface area (Å²) in [5, 5.41) is 23.6. The second-order valence-corrected chi connectivity index (χ2v) is 7.91. The summed E-state index contributed by atoms with van der Waals surface area (Å²) in [5.74, 6) is 1.00. The first-order valence-corrected chi connectivity index (χ1v) is 10.3. The van der Waals surface area contributed by atoms with E-state index in [-0.39, 0.29) is 7.18 Å². The summed E-state index contributed by atoms with van der Waals surface area (Å²) in [6.45, 7) is 3.61. The number of para-hydroxylation sites is 1. The third kappa shape index (κ3) is 3.48. The molecule has 8 heteroatoms. The van der Waals surface area contributed by atoms with Gasteiger partial charge in [0.1, 0.15) is 17.9 Å². The van der Waals surface area contributed by atoms with Crippen molar-refractivity contribution in [3.05, 3.63) is 54.9 Å². The van der Waals surface area contributed by atoms with E-state index in [0.717, 1.165) is 59.4 Å². The lowest BCUT2D eigenvalue weighted by atomic mass is 9.85. The molecule has 5 rings (SSSR count). The van der Waals surface area contributed by atoms with Crippen LogP contribution in [0.2, 0.25) is 6.82 Å². The molecule has 1 aliphatic heterocycles. The normalized spacial score (nSPS) is 15.2. The minimum absolute atomic E-state index is 0. The number of nitrogens with zero attached hydrogens (tertiary/aromatic N) is 4. The Morgan fingerprint density at radius 3 is 2.77 bits per heavy atom. The Labute approximate surface area is 176 Å². The molecule has 0 atom stereocenters. The number of imidazole rings is 1. The number of phenols is 1. The zero-order valence-corrected chi connectivity index (χ0v) is 16.9. The lowest BCUT2D eigenvalue weighted by molar-refractivity contribution is 0.441. The molecule has 0 radical (unpaired) electrons. The molecule has 0 unspecified atom stereocenters. The summed E-state index contributed by atoms with van der Waals surface area (Å²) in [5.41, 5.74) is 3.74. The number of anilines is 1. The molecule has 3 N–H and O–H groups in total. The lowest BCUT2D eigenvalue weighted by Crippen LogP contribution is -2.47. The molecule has 7 nitrogen and oxygen atoms in total. The van der Waals surface area contributed by atoms with E-state index in [0.29, 0.717) is 6.04 Å². The van der Waals surface area contributed by atoms with Gasteiger partial charge in [-0.25, -0.2) is 9.97 Å². The van der Waals surface area contributed by atoms with Gasteiger partial charge in [0.15, 0.2) is 0 Å². The highest BCUT2D eigenvalue weighted by Crippen LogP contribution is 2.29. The molecule has 0 aliphatic carbocycles. The molecule has 2 aromatic carbocycles. The number of pyridine rings is 1. The zero-order valence-electron chi connectivity index (χ0n) is 16.9. The van der Waals surface area contributed by atoms with Gasteiger partial charge in [0.2, 0.25) is 0 Å². The summed E-state index contributed by atoms with van der Waals surface area (Å²) in [6, 6.07) is 15.9. The Morgan fingerprint density at radius 2 is 1.97 bits per heavy atom. The number of aromatic hydroxyl groups is 1. The Kier molecular flexibility index (Phi) is 4.80. The first-order valence-electron chi connectivity index (χ1n) is 10.3. The van der Waals surface area contributed by atoms with E-state index in [1.807, 2.05) is 16.7 Å². The van der Waals surface area contributed by atoms with Gasteiger partial charge < -0.3 is 20.3 Å². The van der Waals surface area contributed by atoms with Crippen molar-refractivity contribution >= 4 is 34.7 Å². The summed E-state index contributed by atoms with van der Waals surface area (Å²) >= 11 is 0. The Balaban J connectivity index is 0.00000231. The largest absolute Gasteiger partial charge is 0.508 e. The van der Waals surface area contributed by atoms with Crippen molar-refractivity contribution < 1.29 is 11.6 Å². The van der Waals surface area contributed by atoms with Gasteiger partial charge in [-0.3, -0.25) is 4.57 Å². The molecule has 0 spiro atoms. The van der Waals surface area contributed by atoms with Crippen LogP contribution in [0.25, 0.3) is 27.8 Å². The highest BCUT2D eigenvalue weighted by Gasteiger charge is 2.22. The molecule has 4 aromatic rings. The molecule has 0 saturated carbocycles. The molecule has 3 heterocycles. The summed E-state index contributed by atoms with van der Waals surface area (Å²) in [4.78, 5) is 11.8. The average Bonchev–Trinajstić information content (AvgIpc) is 3.16. The van der Waals surface area contributed by atoms with Crippen molar-refractivity contribution in [3.8, 4) is 11.6 Å². The van der Waals surface area contributed by atoms with Crippen LogP contribution >= 0.6 is 0 Å². The summed E-state index contributed by atoms with van der Waals surface area (Å²) in [7, 11) is -0.477. The molecule has 1 aliphatic rings. The van der Waals surface area contributed by atoms with Gasteiger partial charge >= 0.3 is 7.05 Å². The number of benzene rings is 2. The predicted octanol–water partition coefficient (Wildman–Crippen LogP) is 3.19. The van der Waals surface area contributed by atoms with Crippen molar-refractivity contribution in [2.45, 2.75) is 25.7 Å². The van der Waals surface area contributed by atoms with Crippen LogP contribution in [-0.2, 0) is 0 Å². The van der Waals surface area contributed by atoms with E-state index < -0.39 is 7.05 Å². The number of hydrogen-bond acceptors (Lipinski definition) is 6. The molecule has 0 amide bonds. The van der Waals surface area contributed by atoms with Crippen molar-refractivity contribution in [3.63, 3.8) is 0 Å². The van der Waals surface area contributed by atoms with Gasteiger partial charge in [-0.2, -0.15) is 0 Å². The van der Waals surface area contributed by atoms with E-state index in [4.69, 9.17) is 4.98 Å². The van der Waals surface area contributed by atoms with E-state index in [9.17, 15) is 10.1 Å². The highest BCUT2D eigenvalue weighted by molar-refractivity contribution is 6.45. The molecule has 2 aromatic heterocycles. The van der Waals surface area contributed by atoms with Crippen LogP contribution in [0, 0.1) is 0 Å². The third-order valence-electron chi connectivity index (χ3n) is 5.77. The number of fused-ring (bicyclic) bond motifs is 2. The van der Waals surface area contributed by atoms with E-state index >= 15 is 0 Å². The standard InChI is InChI=1S/C22H24BN5O2.H2/c1-23(30)26-16-9-11-27(12-10-16)20-4-2-3-15-5-8-21(25-22(15)20)28-14-24-18-13-17(29)6-7-19(18)28;/h2-8,13-14,16,26,29-30H,9-12H2,1H3;1H. The van der Waals surface area contributed by atoms with Crippen LogP contribution in [0.5, 0.6) is 5.75 Å². The van der Waals surface area contributed by atoms with Crippen LogP contribution in [-0.4, -0.2) is 50.8 Å². The van der Waals surface area contributed by atoms with E-state index in [1.54, 1.807) is 25.3 Å². The van der Waals surface area contributed by atoms with Crippen LogP contribution < -0.4 is 10.1 Å². The fourth-order valence-electron chi connectivity index (χ4n) is 4.32. The molecule has 1 saturated heterocycles. The van der Waals surface area contributed by atoms with Crippen LogP contribution in [0.1, 0.15) is 14.3 Å². The van der Waals surface area contributed by atoms with Gasteiger partial charge in [-0.1, -0.05) is 12.1 Å². The maximum absolute atomic E-state index is 9.71. The fourth-order valence-corrected chi connectivity index (χ4v) is 4.32. The Bertz CT molecular complexity index is 1210. The maximum atomic E-state index is 9.71. The van der Waals surface area contributed by atoms with Gasteiger partial charge in [-0.05, 0) is 50.0 Å². The molecule has 0 bridgehead atoms. The lowest BCUT2D eigenvalue weighted by Gasteiger charge is -2.34. The van der Waals surface area contributed by atoms with Crippen molar-refractivity contribution in [1.29, 1.82) is 0 Å². The van der Waals surface area contributed by atoms with Gasteiger partial charge in [-0.15, -0.1) is 0 Å². The van der Waals surface area contributed by atoms with Crippen molar-refractivity contribution in [2.24, 2.45) is 0 Å². The smallest absolute Gasteiger partial charge is 0.373 e. The average molecular weight is 403 g/mol. The number of rotatable bonds is 4. The number of hydrogen-bond donors (Lipinski definition) is 3. The third-order valence-corrected chi connectivity index (χ3v) is 5.77. The SMILES string of the molecule is CB(O)NC1CCN(c2cccc3ccc(-n4cnc5cc(O)ccc54)nc23)CC1.[HH]. The quantitative estimate of drug-likeness (QED) is 0.454. The molecule has 154 valence electrons. The molecular formula is C22H26BN5O2. The van der Waals surface area contributed by atoms with E-state index in [1.165, 1.54) is 0 Å². The monoisotopic (exact) mass is 403 g/mol. The minimum Gasteiger partial charge on any atom is -0.508 e. The molecule has 30 heavy (non-hydrogen) atoms. The van der Waals surface area contributed by atoms with Crippen LogP contribution in [0.3, 0.4) is 0 Å². The van der Waals surface area contributed by atoms with Crippen molar-refractivity contribution in [2.75, 3.05) is 18.0 Å². The highest BCUT2D eigenvalue weighted by atomic mass is 16.3. The minimum atomic E-state index is -0.477. The molecular weight excluding hydrogens is 377 g/mol. The molecule has 1 fully saturated rings. The zero-order chi connectivity index (χ0) is 20.7. The van der Waals surface area contributed by atoms with Crippen LogP contribution in [0.15, 0.2) is 54.9 Å². The fraction of sp³-hybridized carbons (Fsp3) is 0.273. The first-order chi connectivity index (χ1) is 14.6. The number of piperidine rings is 1. The number of nitrogens with one attached hydrogen (secondary N) is 1. The number of phenolic OH excluding ortho intramolecular Hbond substituents is 1. The van der Waals surface area contributed by atoms with Gasteiger partial charge in [0, 0.05) is 32.0 Å². The van der Waals surface area contributed by atoms with Gasteiger partial charge in [0.25, 0.3) is 0 Å². The predicted molar refractivity (Wildman–Crippen MR) is 122 cm³/mol. The summed E-state index contributed by atoms with van der Waals surface area (Å²) in [6.07, 6.45) is 3.71. The summed E-state index contributed by atoms with van der Waals surface area (Å²) < 4.78 is 1.95. The Morgan fingerprint density at radius 1 is 1.13 bits per heavy atom. The second-order valence-electron chi connectivity index (χ2n) is 7.91. The Hall–Kier alpha value is -3.10. The first kappa shape index (κ1) is 18.9. The van der Waals surface area contributed by atoms with Crippen molar-refractivity contribution in [1.82, 2.24) is 19.8 Å². The maximum Gasteiger partial charge on any atom is 0.373 e. The number of aromatic nitrogens is 3.